The van der Waals surface area contributed by atoms with Crippen LogP contribution in [-0.2, 0) is 23.8 Å². The Kier molecular flexibility index (Phi) is 8.08. The number of thiophene rings is 1. The molecule has 0 radical (unpaired) electrons. The van der Waals surface area contributed by atoms with Crippen LogP contribution in [0.5, 0.6) is 17.2 Å². The highest BCUT2D eigenvalue weighted by Gasteiger charge is 2.30. The van der Waals surface area contributed by atoms with Crippen LogP contribution in [-0.4, -0.2) is 68.6 Å². The molecule has 0 saturated carbocycles. The molecule has 11 heteroatoms. The molecule has 0 spiro atoms. The molecule has 10 nitrogen and oxygen atoms in total. The van der Waals surface area contributed by atoms with Crippen molar-refractivity contribution in [3.05, 3.63) is 29.6 Å². The number of hydrogen-bond donors (Lipinski definition) is 0. The summed E-state index contributed by atoms with van der Waals surface area (Å²) in [5.41, 5.74) is 1.91. The fourth-order valence-corrected chi connectivity index (χ4v) is 5.22. The molecule has 2 aliphatic heterocycles. The predicted molar refractivity (Wildman–Crippen MR) is 146 cm³/mol. The number of carbonyl (C=O) groups is 2. The van der Waals surface area contributed by atoms with E-state index in [9.17, 15) is 9.59 Å². The van der Waals surface area contributed by atoms with E-state index < -0.39 is 17.5 Å². The van der Waals surface area contributed by atoms with Gasteiger partial charge in [0.2, 0.25) is 19.1 Å². The van der Waals surface area contributed by atoms with Gasteiger partial charge in [0.1, 0.15) is 11.7 Å². The van der Waals surface area contributed by atoms with Gasteiger partial charge in [0.05, 0.1) is 31.6 Å². The number of aromatic hydroxyl groups is 1. The summed E-state index contributed by atoms with van der Waals surface area (Å²) in [6, 6.07) is 7.75. The Balaban J connectivity index is 1.34. The van der Waals surface area contributed by atoms with Gasteiger partial charge in [-0.25, -0.2) is 0 Å². The highest BCUT2D eigenvalue weighted by molar-refractivity contribution is 7.18. The average Bonchev–Trinajstić information content (AvgIpc) is 3.35. The zero-order valence-electron chi connectivity index (χ0n) is 22.3. The molecule has 39 heavy (non-hydrogen) atoms. The number of carbonyl (C=O) groups excluding carboxylic acids is 2. The smallest absolute Gasteiger partial charge is 0.434 e. The highest BCUT2D eigenvalue weighted by Crippen LogP contribution is 2.44. The van der Waals surface area contributed by atoms with Crippen LogP contribution in [0.2, 0.25) is 0 Å². The fraction of sp³-hybridized carbons (Fsp3) is 0.464. The van der Waals surface area contributed by atoms with E-state index in [0.29, 0.717) is 56.7 Å². The maximum atomic E-state index is 12.2. The second kappa shape index (κ2) is 11.7. The van der Waals surface area contributed by atoms with E-state index in [4.69, 9.17) is 28.1 Å². The molecule has 0 amide bonds. The van der Waals surface area contributed by atoms with Crippen molar-refractivity contribution in [1.29, 1.82) is 0 Å². The van der Waals surface area contributed by atoms with Crippen LogP contribution in [0, 0.1) is 0 Å². The molecule has 2 aromatic heterocycles. The Morgan fingerprint density at radius 2 is 1.90 bits per heavy atom. The van der Waals surface area contributed by atoms with E-state index in [1.165, 1.54) is 11.3 Å². The molecule has 0 atom stereocenters. The molecule has 208 valence electrons. The summed E-state index contributed by atoms with van der Waals surface area (Å²) in [7, 11) is 0. The number of anilines is 1. The molecule has 2 aliphatic rings. The lowest BCUT2D eigenvalue weighted by atomic mass is 10.1. The van der Waals surface area contributed by atoms with Gasteiger partial charge in [-0.1, -0.05) is 0 Å². The molecule has 0 unspecified atom stereocenters. The molecule has 4 heterocycles. The lowest BCUT2D eigenvalue weighted by molar-refractivity contribution is -0.160. The van der Waals surface area contributed by atoms with Gasteiger partial charge >= 0.3 is 23.4 Å². The first-order valence-corrected chi connectivity index (χ1v) is 13.8. The lowest BCUT2D eigenvalue weighted by Gasteiger charge is -2.22. The van der Waals surface area contributed by atoms with E-state index in [-0.39, 0.29) is 19.6 Å². The van der Waals surface area contributed by atoms with Gasteiger partial charge in [-0.2, -0.15) is 4.42 Å². The van der Waals surface area contributed by atoms with E-state index >= 15 is 0 Å². The van der Waals surface area contributed by atoms with Crippen molar-refractivity contribution in [3.63, 3.8) is 0 Å². The Morgan fingerprint density at radius 1 is 1.10 bits per heavy atom. The molecular weight excluding hydrogens is 526 g/mol. The molecule has 0 bridgehead atoms. The van der Waals surface area contributed by atoms with E-state index in [2.05, 4.69) is 9.64 Å². The van der Waals surface area contributed by atoms with Crippen LogP contribution in [0.4, 0.5) is 5.88 Å². The van der Waals surface area contributed by atoms with Gasteiger partial charge in [-0.15, -0.1) is 11.3 Å². The number of hydrogen-bond acceptors (Lipinski definition) is 9. The molecular formula is C28H33NO9S+2. The summed E-state index contributed by atoms with van der Waals surface area (Å²) in [5, 5.41) is 2.01. The van der Waals surface area contributed by atoms with Gasteiger partial charge in [-0.3, -0.25) is 14.5 Å². The second-order valence-electron chi connectivity index (χ2n) is 10.1. The predicted octanol–water partition coefficient (Wildman–Crippen LogP) is 4.91. The monoisotopic (exact) mass is 559 g/mol. The third kappa shape index (κ3) is 6.72. The van der Waals surface area contributed by atoms with Gasteiger partial charge in [-0.05, 0) is 38.5 Å². The third-order valence-corrected chi connectivity index (χ3v) is 7.02. The normalized spacial score (nSPS) is 15.2. The van der Waals surface area contributed by atoms with Crippen molar-refractivity contribution in [2.24, 2.45) is 0 Å². The van der Waals surface area contributed by atoms with Crippen molar-refractivity contribution in [2.75, 3.05) is 51.2 Å². The first-order valence-electron chi connectivity index (χ1n) is 12.9. The minimum atomic E-state index is -0.604. The van der Waals surface area contributed by atoms with E-state index in [0.717, 1.165) is 27.3 Å². The largest absolute Gasteiger partial charge is 0.578 e. The van der Waals surface area contributed by atoms with Gasteiger partial charge in [0, 0.05) is 24.5 Å². The molecule has 5 rings (SSSR count). The minimum Gasteiger partial charge on any atom is -0.578 e. The van der Waals surface area contributed by atoms with Crippen LogP contribution < -0.4 is 14.4 Å². The standard InChI is InChI=1S/C28H32NO9S/c1-28(2,3)38-25(31)7-6-24(30)36-17-35-22-15-23(29-8-10-32-11-9-29)37-26-19(16-39-27(22)26)18-4-5-20-21(14-18)34-13-12-33-20/h4-5,14-16H,6-13,17H2,1-3H3/q+1/p+1. The van der Waals surface area contributed by atoms with Crippen molar-refractivity contribution in [3.8, 4) is 28.4 Å². The topological polar surface area (TPSA) is 108 Å². The Labute approximate surface area is 230 Å². The van der Waals surface area contributed by atoms with Crippen LogP contribution in [0.25, 0.3) is 21.4 Å². The van der Waals surface area contributed by atoms with Crippen LogP contribution in [0.3, 0.4) is 0 Å². The SMILES string of the molecule is CC(C)(C)OC(=O)CCC(=O)OCOc1cc(N2CCOCC2)[o+]c2c(-c3ccc4c(c3)OCC[OH+]4)csc12. The average molecular weight is 560 g/mol. The minimum absolute atomic E-state index is 0.0577. The number of nitrogens with zero attached hydrogens (tertiary/aromatic N) is 1. The second-order valence-corrected chi connectivity index (χ2v) is 11.0. The summed E-state index contributed by atoms with van der Waals surface area (Å²) in [6.07, 6.45) is -0.148. The number of esters is 2. The lowest BCUT2D eigenvalue weighted by Crippen LogP contribution is -2.36. The number of fused-ring (bicyclic) bond motifs is 2. The summed E-state index contributed by atoms with van der Waals surface area (Å²) in [5.74, 6) is 1.77. The summed E-state index contributed by atoms with van der Waals surface area (Å²) in [6.45, 7) is 8.81. The van der Waals surface area contributed by atoms with Crippen molar-refractivity contribution in [2.45, 2.75) is 39.2 Å². The molecule has 0 aliphatic carbocycles. The summed E-state index contributed by atoms with van der Waals surface area (Å²) >= 11 is 1.48. The van der Waals surface area contributed by atoms with E-state index in [1.54, 1.807) is 20.8 Å². The van der Waals surface area contributed by atoms with E-state index in [1.807, 2.05) is 29.6 Å². The van der Waals surface area contributed by atoms with Crippen molar-refractivity contribution >= 4 is 39.4 Å². The third-order valence-electron chi connectivity index (χ3n) is 6.04. The molecule has 1 aromatic carbocycles. The maximum absolute atomic E-state index is 12.2. The Hall–Kier alpha value is -3.57. The van der Waals surface area contributed by atoms with Crippen molar-refractivity contribution < 1.29 is 42.4 Å². The molecule has 1 N–H and O–H groups in total. The number of ether oxygens (including phenoxy) is 6. The van der Waals surface area contributed by atoms with Crippen LogP contribution in [0.1, 0.15) is 33.6 Å². The number of aliphatic hydroxyl groups is 1. The Morgan fingerprint density at radius 3 is 2.69 bits per heavy atom. The fourth-order valence-electron chi connectivity index (χ4n) is 4.25. The van der Waals surface area contributed by atoms with Gasteiger partial charge in [0.25, 0.3) is 5.75 Å². The first kappa shape index (κ1) is 27.0. The van der Waals surface area contributed by atoms with Crippen LogP contribution >= 0.6 is 11.3 Å². The zero-order chi connectivity index (χ0) is 27.4. The van der Waals surface area contributed by atoms with Gasteiger partial charge in [0.15, 0.2) is 17.1 Å². The number of morpholine rings is 1. The molecule has 1 fully saturated rings. The Bertz CT molecular complexity index is 1340. The summed E-state index contributed by atoms with van der Waals surface area (Å²) < 4.78 is 39.5. The zero-order valence-corrected chi connectivity index (χ0v) is 23.1. The van der Waals surface area contributed by atoms with Crippen LogP contribution in [0.15, 0.2) is 34.1 Å². The maximum Gasteiger partial charge on any atom is 0.434 e. The number of benzene rings is 1. The summed E-state index contributed by atoms with van der Waals surface area (Å²) in [4.78, 5) is 26.2. The highest BCUT2D eigenvalue weighted by atomic mass is 32.1. The number of rotatable bonds is 8. The molecule has 3 aromatic rings. The quantitative estimate of drug-likeness (QED) is 0.216. The first-order chi connectivity index (χ1) is 18.8. The molecule has 1 saturated heterocycles. The van der Waals surface area contributed by atoms with Crippen molar-refractivity contribution in [1.82, 2.24) is 0 Å². The van der Waals surface area contributed by atoms with Gasteiger partial charge < -0.3 is 28.4 Å².